The zero-order chi connectivity index (χ0) is 15.5. The first-order valence-corrected chi connectivity index (χ1v) is 8.14. The Morgan fingerprint density at radius 1 is 0.818 bits per heavy atom. The first-order valence-electron chi connectivity index (χ1n) is 6.92. The van der Waals surface area contributed by atoms with Gasteiger partial charge in [-0.05, 0) is 43.5 Å². The van der Waals surface area contributed by atoms with E-state index in [1.807, 2.05) is 12.3 Å². The molecule has 0 aliphatic heterocycles. The van der Waals surface area contributed by atoms with Gasteiger partial charge in [0.1, 0.15) is 5.82 Å². The Morgan fingerprint density at radius 2 is 1.32 bits per heavy atom. The van der Waals surface area contributed by atoms with E-state index in [4.69, 9.17) is 0 Å². The van der Waals surface area contributed by atoms with Crippen LogP contribution in [0.3, 0.4) is 0 Å². The molecule has 3 rings (SSSR count). The number of aromatic nitrogens is 2. The summed E-state index contributed by atoms with van der Waals surface area (Å²) in [5.74, 6) is -0.248. The van der Waals surface area contributed by atoms with Crippen molar-refractivity contribution in [1.82, 2.24) is 9.97 Å². The van der Waals surface area contributed by atoms with Crippen LogP contribution in [0.2, 0.25) is 0 Å². The number of hydrogen-bond donors (Lipinski definition) is 0. The summed E-state index contributed by atoms with van der Waals surface area (Å²) in [4.78, 5) is 9.10. The van der Waals surface area contributed by atoms with Crippen molar-refractivity contribution in [3.63, 3.8) is 0 Å². The smallest absolute Gasteiger partial charge is 0.188 e. The summed E-state index contributed by atoms with van der Waals surface area (Å²) < 4.78 is 13.1. The highest BCUT2D eigenvalue weighted by atomic mass is 32.2. The highest BCUT2D eigenvalue weighted by Gasteiger charge is 2.08. The summed E-state index contributed by atoms with van der Waals surface area (Å²) in [7, 11) is 0. The van der Waals surface area contributed by atoms with E-state index in [-0.39, 0.29) is 5.82 Å². The third-order valence-corrected chi connectivity index (χ3v) is 3.92. The standard InChI is InChI=1S/C18H15FN2S/c1-12-3-5-13(6-4-12)16-11-17(21-18(20-16)22-2)14-7-9-15(19)10-8-14/h3-11H,1-2H3. The van der Waals surface area contributed by atoms with Crippen LogP contribution in [-0.2, 0) is 0 Å². The Morgan fingerprint density at radius 3 is 1.82 bits per heavy atom. The molecule has 3 aromatic rings. The molecule has 110 valence electrons. The van der Waals surface area contributed by atoms with Gasteiger partial charge in [-0.1, -0.05) is 41.6 Å². The molecule has 0 aliphatic rings. The van der Waals surface area contributed by atoms with Crippen molar-refractivity contribution in [3.8, 4) is 22.5 Å². The molecule has 0 amide bonds. The second-order valence-corrected chi connectivity index (χ2v) is 5.77. The molecule has 0 bridgehead atoms. The first-order chi connectivity index (χ1) is 10.7. The minimum absolute atomic E-state index is 0.248. The minimum atomic E-state index is -0.248. The van der Waals surface area contributed by atoms with Crippen LogP contribution in [0.5, 0.6) is 0 Å². The molecule has 2 nitrogen and oxygen atoms in total. The molecule has 4 heteroatoms. The summed E-state index contributed by atoms with van der Waals surface area (Å²) in [6.07, 6.45) is 1.95. The van der Waals surface area contributed by atoms with Crippen molar-refractivity contribution in [2.75, 3.05) is 6.26 Å². The molecule has 0 radical (unpaired) electrons. The highest BCUT2D eigenvalue weighted by Crippen LogP contribution is 2.26. The van der Waals surface area contributed by atoms with E-state index in [1.165, 1.54) is 29.5 Å². The van der Waals surface area contributed by atoms with Gasteiger partial charge in [0.2, 0.25) is 0 Å². The van der Waals surface area contributed by atoms with Crippen LogP contribution in [0.25, 0.3) is 22.5 Å². The molecule has 0 fully saturated rings. The van der Waals surface area contributed by atoms with Crippen LogP contribution in [0, 0.1) is 12.7 Å². The van der Waals surface area contributed by atoms with Crippen LogP contribution in [0.1, 0.15) is 5.56 Å². The van der Waals surface area contributed by atoms with Gasteiger partial charge in [-0.2, -0.15) is 0 Å². The maximum atomic E-state index is 13.1. The molecule has 1 heterocycles. The second kappa shape index (κ2) is 6.28. The summed E-state index contributed by atoms with van der Waals surface area (Å²) in [5, 5.41) is 0.706. The molecule has 0 saturated heterocycles. The fourth-order valence-corrected chi connectivity index (χ4v) is 2.54. The van der Waals surface area contributed by atoms with E-state index >= 15 is 0 Å². The number of hydrogen-bond acceptors (Lipinski definition) is 3. The largest absolute Gasteiger partial charge is 0.222 e. The van der Waals surface area contributed by atoms with Gasteiger partial charge in [-0.15, -0.1) is 0 Å². The van der Waals surface area contributed by atoms with Gasteiger partial charge in [-0.25, -0.2) is 14.4 Å². The van der Waals surface area contributed by atoms with Gasteiger partial charge in [0, 0.05) is 11.1 Å². The van der Waals surface area contributed by atoms with Gasteiger partial charge < -0.3 is 0 Å². The summed E-state index contributed by atoms with van der Waals surface area (Å²) >= 11 is 1.50. The first kappa shape index (κ1) is 14.7. The van der Waals surface area contributed by atoms with Crippen LogP contribution in [-0.4, -0.2) is 16.2 Å². The van der Waals surface area contributed by atoms with Gasteiger partial charge in [0.25, 0.3) is 0 Å². The van der Waals surface area contributed by atoms with Crippen molar-refractivity contribution < 1.29 is 4.39 Å². The van der Waals surface area contributed by atoms with Crippen LogP contribution in [0.4, 0.5) is 4.39 Å². The predicted molar refractivity (Wildman–Crippen MR) is 89.4 cm³/mol. The number of halogens is 1. The summed E-state index contributed by atoms with van der Waals surface area (Å²) in [6, 6.07) is 16.5. The number of rotatable bonds is 3. The topological polar surface area (TPSA) is 25.8 Å². The van der Waals surface area contributed by atoms with Crippen molar-refractivity contribution >= 4 is 11.8 Å². The number of aryl methyl sites for hydroxylation is 1. The van der Waals surface area contributed by atoms with E-state index in [0.29, 0.717) is 5.16 Å². The fraction of sp³-hybridized carbons (Fsp3) is 0.111. The molecular weight excluding hydrogens is 295 g/mol. The lowest BCUT2D eigenvalue weighted by Crippen LogP contribution is -1.94. The monoisotopic (exact) mass is 310 g/mol. The maximum absolute atomic E-state index is 13.1. The third-order valence-electron chi connectivity index (χ3n) is 3.38. The Balaban J connectivity index is 2.10. The predicted octanol–water partition coefficient (Wildman–Crippen LogP) is 4.98. The van der Waals surface area contributed by atoms with Crippen LogP contribution in [0.15, 0.2) is 59.8 Å². The Kier molecular flexibility index (Phi) is 4.20. The zero-order valence-electron chi connectivity index (χ0n) is 12.4. The highest BCUT2D eigenvalue weighted by molar-refractivity contribution is 7.98. The lowest BCUT2D eigenvalue weighted by Gasteiger charge is -2.08. The quantitative estimate of drug-likeness (QED) is 0.504. The number of nitrogens with zero attached hydrogens (tertiary/aromatic N) is 2. The van der Waals surface area contributed by atoms with E-state index in [1.54, 1.807) is 12.1 Å². The lowest BCUT2D eigenvalue weighted by atomic mass is 10.1. The molecule has 2 aromatic carbocycles. The molecule has 0 aliphatic carbocycles. The molecule has 0 spiro atoms. The molecule has 22 heavy (non-hydrogen) atoms. The van der Waals surface area contributed by atoms with Gasteiger partial charge in [-0.3, -0.25) is 0 Å². The van der Waals surface area contributed by atoms with Crippen molar-refractivity contribution in [2.24, 2.45) is 0 Å². The average Bonchev–Trinajstić information content (AvgIpc) is 2.55. The van der Waals surface area contributed by atoms with Crippen LogP contribution >= 0.6 is 11.8 Å². The SMILES string of the molecule is CSc1nc(-c2ccc(C)cc2)cc(-c2ccc(F)cc2)n1. The Hall–Kier alpha value is -2.20. The fourth-order valence-electron chi connectivity index (χ4n) is 2.16. The van der Waals surface area contributed by atoms with E-state index < -0.39 is 0 Å². The molecular formula is C18H15FN2S. The van der Waals surface area contributed by atoms with Crippen molar-refractivity contribution in [1.29, 1.82) is 0 Å². The van der Waals surface area contributed by atoms with E-state index in [9.17, 15) is 4.39 Å². The second-order valence-electron chi connectivity index (χ2n) is 5.00. The molecule has 0 atom stereocenters. The molecule has 0 unspecified atom stereocenters. The zero-order valence-corrected chi connectivity index (χ0v) is 13.2. The number of thioether (sulfide) groups is 1. The Bertz CT molecular complexity index is 719. The third kappa shape index (κ3) is 3.17. The summed E-state index contributed by atoms with van der Waals surface area (Å²) in [5.41, 5.74) is 4.81. The van der Waals surface area contributed by atoms with Crippen molar-refractivity contribution in [2.45, 2.75) is 12.1 Å². The van der Waals surface area contributed by atoms with Crippen LogP contribution < -0.4 is 0 Å². The molecule has 0 N–H and O–H groups in total. The van der Waals surface area contributed by atoms with Gasteiger partial charge in [0.05, 0.1) is 11.4 Å². The molecule has 1 aromatic heterocycles. The van der Waals surface area contributed by atoms with Crippen molar-refractivity contribution in [3.05, 3.63) is 66.0 Å². The van der Waals surface area contributed by atoms with Gasteiger partial charge >= 0.3 is 0 Å². The normalized spacial score (nSPS) is 10.7. The lowest BCUT2D eigenvalue weighted by molar-refractivity contribution is 0.628. The average molecular weight is 310 g/mol. The summed E-state index contributed by atoms with van der Waals surface area (Å²) in [6.45, 7) is 2.06. The van der Waals surface area contributed by atoms with E-state index in [2.05, 4.69) is 41.2 Å². The van der Waals surface area contributed by atoms with Gasteiger partial charge in [0.15, 0.2) is 5.16 Å². The van der Waals surface area contributed by atoms with E-state index in [0.717, 1.165) is 22.5 Å². The minimum Gasteiger partial charge on any atom is -0.222 e. The molecule has 0 saturated carbocycles. The Labute approximate surface area is 133 Å². The number of benzene rings is 2. The maximum Gasteiger partial charge on any atom is 0.188 e.